The van der Waals surface area contributed by atoms with E-state index in [0.29, 0.717) is 6.42 Å². The predicted molar refractivity (Wildman–Crippen MR) is 95.3 cm³/mol. The first-order chi connectivity index (χ1) is 11.5. The first-order valence-corrected chi connectivity index (χ1v) is 8.08. The number of carbonyl (C=O) groups is 1. The van der Waals surface area contributed by atoms with Crippen LogP contribution in [0.1, 0.15) is 41.6 Å². The van der Waals surface area contributed by atoms with Crippen LogP contribution in [0.3, 0.4) is 0 Å². The zero-order valence-electron chi connectivity index (χ0n) is 14.5. The van der Waals surface area contributed by atoms with Crippen molar-refractivity contribution in [3.05, 3.63) is 64.7 Å². The lowest BCUT2D eigenvalue weighted by Crippen LogP contribution is -2.24. The molecule has 124 valence electrons. The fourth-order valence-corrected chi connectivity index (χ4v) is 2.98. The number of methoxy groups -OCH3 is 1. The summed E-state index contributed by atoms with van der Waals surface area (Å²) in [6.07, 6.45) is 0.717. The lowest BCUT2D eigenvalue weighted by Gasteiger charge is -2.20. The van der Waals surface area contributed by atoms with Crippen LogP contribution < -0.4 is 4.74 Å². The second kappa shape index (κ2) is 6.48. The molecule has 0 spiro atoms. The van der Waals surface area contributed by atoms with Crippen LogP contribution in [0.25, 0.3) is 0 Å². The maximum absolute atomic E-state index is 12.0. The van der Waals surface area contributed by atoms with E-state index >= 15 is 0 Å². The summed E-state index contributed by atoms with van der Waals surface area (Å²) in [6, 6.07) is 14.1. The number of hydrazone groups is 1. The molecule has 24 heavy (non-hydrogen) atoms. The highest BCUT2D eigenvalue weighted by molar-refractivity contribution is 6.03. The second-order valence-electron chi connectivity index (χ2n) is 6.20. The molecule has 1 unspecified atom stereocenters. The minimum absolute atomic E-state index is 0.0466. The van der Waals surface area contributed by atoms with Crippen LogP contribution in [-0.4, -0.2) is 23.7 Å². The Bertz CT molecular complexity index is 794. The number of benzene rings is 2. The third-order valence-corrected chi connectivity index (χ3v) is 4.57. The lowest BCUT2D eigenvalue weighted by molar-refractivity contribution is -0.130. The van der Waals surface area contributed by atoms with Crippen LogP contribution >= 0.6 is 0 Å². The Morgan fingerprint density at radius 2 is 1.83 bits per heavy atom. The van der Waals surface area contributed by atoms with Crippen LogP contribution in [0, 0.1) is 13.8 Å². The van der Waals surface area contributed by atoms with Crippen LogP contribution in [0.15, 0.2) is 47.6 Å². The molecule has 1 heterocycles. The van der Waals surface area contributed by atoms with E-state index < -0.39 is 0 Å². The van der Waals surface area contributed by atoms with Crippen molar-refractivity contribution in [2.24, 2.45) is 5.10 Å². The van der Waals surface area contributed by atoms with Gasteiger partial charge in [0.1, 0.15) is 5.75 Å². The van der Waals surface area contributed by atoms with Gasteiger partial charge in [0.2, 0.25) is 5.91 Å². The maximum Gasteiger partial charge on any atom is 0.240 e. The highest BCUT2D eigenvalue weighted by Crippen LogP contribution is 2.33. The van der Waals surface area contributed by atoms with Crippen molar-refractivity contribution in [3.63, 3.8) is 0 Å². The van der Waals surface area contributed by atoms with E-state index in [0.717, 1.165) is 22.6 Å². The van der Waals surface area contributed by atoms with Crippen molar-refractivity contribution < 1.29 is 9.53 Å². The Hall–Kier alpha value is -2.62. The van der Waals surface area contributed by atoms with E-state index in [9.17, 15) is 4.79 Å². The van der Waals surface area contributed by atoms with E-state index in [2.05, 4.69) is 37.1 Å². The van der Waals surface area contributed by atoms with Gasteiger partial charge in [0.05, 0.1) is 18.9 Å². The summed E-state index contributed by atoms with van der Waals surface area (Å²) in [7, 11) is 1.65. The van der Waals surface area contributed by atoms with E-state index in [-0.39, 0.29) is 11.9 Å². The molecule has 2 aromatic rings. The summed E-state index contributed by atoms with van der Waals surface area (Å²) in [5, 5.41) is 6.19. The van der Waals surface area contributed by atoms with Crippen molar-refractivity contribution >= 4 is 11.6 Å². The molecule has 0 bridgehead atoms. The number of ether oxygens (including phenoxy) is 1. The van der Waals surface area contributed by atoms with E-state index in [1.54, 1.807) is 19.0 Å². The first-order valence-electron chi connectivity index (χ1n) is 8.08. The Morgan fingerprint density at radius 3 is 2.42 bits per heavy atom. The van der Waals surface area contributed by atoms with Crippen molar-refractivity contribution in [2.75, 3.05) is 7.11 Å². The molecule has 1 aliphatic heterocycles. The van der Waals surface area contributed by atoms with Gasteiger partial charge in [-0.15, -0.1) is 0 Å². The highest BCUT2D eigenvalue weighted by Gasteiger charge is 2.31. The molecular weight excluding hydrogens is 300 g/mol. The highest BCUT2D eigenvalue weighted by atomic mass is 16.5. The quantitative estimate of drug-likeness (QED) is 0.857. The van der Waals surface area contributed by atoms with Crippen LogP contribution in [-0.2, 0) is 4.79 Å². The van der Waals surface area contributed by atoms with E-state index in [4.69, 9.17) is 4.74 Å². The Morgan fingerprint density at radius 1 is 1.12 bits per heavy atom. The predicted octanol–water partition coefficient (Wildman–Crippen LogP) is 4.01. The molecule has 0 radical (unpaired) electrons. The molecule has 1 atom stereocenters. The van der Waals surface area contributed by atoms with Crippen LogP contribution in [0.5, 0.6) is 5.75 Å². The molecule has 3 rings (SSSR count). The van der Waals surface area contributed by atoms with Gasteiger partial charge in [-0.1, -0.05) is 24.3 Å². The largest absolute Gasteiger partial charge is 0.497 e. The van der Waals surface area contributed by atoms with E-state index in [1.807, 2.05) is 24.3 Å². The Balaban J connectivity index is 1.92. The van der Waals surface area contributed by atoms with Gasteiger partial charge >= 0.3 is 0 Å². The van der Waals surface area contributed by atoms with Gasteiger partial charge in [0, 0.05) is 13.3 Å². The van der Waals surface area contributed by atoms with Gasteiger partial charge in [0.25, 0.3) is 0 Å². The fraction of sp³-hybridized carbons (Fsp3) is 0.300. The van der Waals surface area contributed by atoms with Gasteiger partial charge < -0.3 is 4.74 Å². The van der Waals surface area contributed by atoms with Crippen molar-refractivity contribution in [1.29, 1.82) is 0 Å². The molecule has 0 saturated heterocycles. The average molecular weight is 322 g/mol. The smallest absolute Gasteiger partial charge is 0.240 e. The Kier molecular flexibility index (Phi) is 4.38. The minimum atomic E-state index is -0.0648. The van der Waals surface area contributed by atoms with Crippen molar-refractivity contribution in [1.82, 2.24) is 5.01 Å². The zero-order chi connectivity index (χ0) is 17.3. The molecular formula is C20H22N2O2. The summed E-state index contributed by atoms with van der Waals surface area (Å²) < 4.78 is 5.21. The molecule has 1 amide bonds. The number of hydrogen-bond acceptors (Lipinski definition) is 3. The first kappa shape index (κ1) is 16.2. The SMILES string of the molecule is COc1ccc(C2CC(c3ccc(C)c(C)c3)=NN2C(C)=O)cc1. The fourth-order valence-electron chi connectivity index (χ4n) is 2.98. The number of rotatable bonds is 3. The number of nitrogens with zero attached hydrogens (tertiary/aromatic N) is 2. The molecule has 0 saturated carbocycles. The number of hydrogen-bond donors (Lipinski definition) is 0. The summed E-state index contributed by atoms with van der Waals surface area (Å²) >= 11 is 0. The number of carbonyl (C=O) groups excluding carboxylic acids is 1. The third kappa shape index (κ3) is 3.04. The summed E-state index contributed by atoms with van der Waals surface area (Å²) in [6.45, 7) is 5.75. The molecule has 0 fully saturated rings. The zero-order valence-corrected chi connectivity index (χ0v) is 14.5. The summed E-state index contributed by atoms with van der Waals surface area (Å²) in [5.41, 5.74) is 5.59. The molecule has 4 heteroatoms. The molecule has 2 aromatic carbocycles. The Labute approximate surface area is 142 Å². The summed E-state index contributed by atoms with van der Waals surface area (Å²) in [4.78, 5) is 12.0. The molecule has 0 aliphatic carbocycles. The average Bonchev–Trinajstić information content (AvgIpc) is 3.03. The van der Waals surface area contributed by atoms with Crippen molar-refractivity contribution in [2.45, 2.75) is 33.2 Å². The van der Waals surface area contributed by atoms with Gasteiger partial charge in [-0.3, -0.25) is 4.79 Å². The molecule has 0 aromatic heterocycles. The molecule has 4 nitrogen and oxygen atoms in total. The second-order valence-corrected chi connectivity index (χ2v) is 6.20. The monoisotopic (exact) mass is 322 g/mol. The van der Waals surface area contributed by atoms with Gasteiger partial charge in [-0.2, -0.15) is 5.10 Å². The van der Waals surface area contributed by atoms with Gasteiger partial charge in [-0.25, -0.2) is 5.01 Å². The normalized spacial score (nSPS) is 16.9. The lowest BCUT2D eigenvalue weighted by atomic mass is 9.96. The summed E-state index contributed by atoms with van der Waals surface area (Å²) in [5.74, 6) is 0.760. The molecule has 1 aliphatic rings. The third-order valence-electron chi connectivity index (χ3n) is 4.57. The van der Waals surface area contributed by atoms with Gasteiger partial charge in [-0.05, 0) is 54.3 Å². The van der Waals surface area contributed by atoms with Crippen LogP contribution in [0.2, 0.25) is 0 Å². The van der Waals surface area contributed by atoms with Crippen molar-refractivity contribution in [3.8, 4) is 5.75 Å². The number of aryl methyl sites for hydroxylation is 2. The van der Waals surface area contributed by atoms with Gasteiger partial charge in [0.15, 0.2) is 0 Å². The molecule has 0 N–H and O–H groups in total. The topological polar surface area (TPSA) is 41.9 Å². The minimum Gasteiger partial charge on any atom is -0.497 e. The standard InChI is InChI=1S/C20H22N2O2/c1-13-5-6-17(11-14(13)2)19-12-20(22(21-19)15(3)23)16-7-9-18(24-4)10-8-16/h5-11,20H,12H2,1-4H3. The maximum atomic E-state index is 12.0. The number of amides is 1. The van der Waals surface area contributed by atoms with Crippen LogP contribution in [0.4, 0.5) is 0 Å². The van der Waals surface area contributed by atoms with E-state index in [1.165, 1.54) is 11.1 Å².